The Morgan fingerprint density at radius 3 is 2.17 bits per heavy atom. The minimum atomic E-state index is -0.300. The zero-order chi connectivity index (χ0) is 26.6. The summed E-state index contributed by atoms with van der Waals surface area (Å²) in [7, 11) is 0. The molecule has 0 aliphatic carbocycles. The highest BCUT2D eigenvalue weighted by atomic mass is 35.5. The van der Waals surface area contributed by atoms with Gasteiger partial charge in [0.05, 0.1) is 0 Å². The van der Waals surface area contributed by atoms with E-state index in [1.54, 1.807) is 12.1 Å². The Balaban J connectivity index is 0.00000323. The molecule has 0 N–H and O–H groups in total. The van der Waals surface area contributed by atoms with Crippen molar-refractivity contribution in [1.29, 1.82) is 0 Å². The van der Waals surface area contributed by atoms with Crippen molar-refractivity contribution in [1.82, 2.24) is 9.80 Å². The lowest BCUT2D eigenvalue weighted by molar-refractivity contribution is -0.126. The lowest BCUT2D eigenvalue weighted by Gasteiger charge is -2.35. The summed E-state index contributed by atoms with van der Waals surface area (Å²) >= 11 is 0. The van der Waals surface area contributed by atoms with Crippen molar-refractivity contribution in [2.24, 2.45) is 0 Å². The van der Waals surface area contributed by atoms with Gasteiger partial charge in [-0.05, 0) is 58.2 Å². The lowest BCUT2D eigenvalue weighted by atomic mass is 9.97. The second-order valence-corrected chi connectivity index (χ2v) is 9.81. The third-order valence-electron chi connectivity index (χ3n) is 7.22. The molecule has 5 nitrogen and oxygen atoms in total. The largest absolute Gasteiger partial charge is 0.454 e. The first kappa shape index (κ1) is 27.4. The molecule has 1 amide bonds. The van der Waals surface area contributed by atoms with Gasteiger partial charge < -0.3 is 14.4 Å². The second-order valence-electron chi connectivity index (χ2n) is 9.81. The molecule has 7 heteroatoms. The topological polar surface area (TPSA) is 42.0 Å². The van der Waals surface area contributed by atoms with Gasteiger partial charge in [0.25, 0.3) is 5.91 Å². The molecule has 2 aliphatic rings. The fourth-order valence-electron chi connectivity index (χ4n) is 5.04. The number of fused-ring (bicyclic) bond motifs is 1. The maximum absolute atomic E-state index is 13.9. The van der Waals surface area contributed by atoms with Crippen LogP contribution in [0.3, 0.4) is 0 Å². The minimum Gasteiger partial charge on any atom is -0.454 e. The van der Waals surface area contributed by atoms with Crippen molar-refractivity contribution in [3.05, 3.63) is 120 Å². The molecule has 0 saturated carbocycles. The van der Waals surface area contributed by atoms with Crippen molar-refractivity contribution in [2.45, 2.75) is 6.54 Å². The quantitative estimate of drug-likeness (QED) is 0.200. The first-order valence-corrected chi connectivity index (χ1v) is 13.2. The first-order valence-electron chi connectivity index (χ1n) is 13.2. The highest BCUT2D eigenvalue weighted by molar-refractivity contribution is 6.24. The number of halogens is 2. The number of amides is 1. The molecule has 0 bridgehead atoms. The number of carbonyl (C=O) groups is 1. The number of rotatable bonds is 6. The third kappa shape index (κ3) is 6.19. The molecule has 0 spiro atoms. The van der Waals surface area contributed by atoms with Crippen LogP contribution in [-0.4, -0.2) is 48.7 Å². The van der Waals surface area contributed by atoms with Gasteiger partial charge in [0, 0.05) is 38.3 Å². The summed E-state index contributed by atoms with van der Waals surface area (Å²) in [6.07, 6.45) is 1.86. The van der Waals surface area contributed by atoms with Crippen LogP contribution in [0.15, 0.2) is 97.1 Å². The number of hydrogen-bond donors (Lipinski definition) is 0. The molecular weight excluding hydrogens is 527 g/mol. The predicted molar refractivity (Wildman–Crippen MR) is 158 cm³/mol. The minimum absolute atomic E-state index is 0. The summed E-state index contributed by atoms with van der Waals surface area (Å²) in [5, 5.41) is 0. The van der Waals surface area contributed by atoms with E-state index in [4.69, 9.17) is 9.47 Å². The Kier molecular flexibility index (Phi) is 8.48. The summed E-state index contributed by atoms with van der Waals surface area (Å²) in [6.45, 7) is 3.87. The average Bonchev–Trinajstić information content (AvgIpc) is 3.46. The standard InChI is InChI=1S/C33H29FN2O3.ClH/c34-29-13-6-24(7-14-29)20-30(28-11-9-27(10-12-28)26-4-2-1-3-5-26)33(37)36-18-16-35(17-19-36)22-25-8-15-31-32(21-25)39-23-38-31;/h1-15,20-21H,16-19,22-23H2;1H/b30-20+;. The highest BCUT2D eigenvalue weighted by Gasteiger charge is 2.25. The van der Waals surface area contributed by atoms with Crippen LogP contribution in [0.4, 0.5) is 4.39 Å². The Morgan fingerprint density at radius 2 is 1.45 bits per heavy atom. The Hall–Kier alpha value is -4.13. The molecular formula is C33H30ClFN2O3. The van der Waals surface area contributed by atoms with Gasteiger partial charge in [-0.1, -0.05) is 72.8 Å². The molecule has 2 heterocycles. The molecule has 0 radical (unpaired) electrons. The van der Waals surface area contributed by atoms with Crippen LogP contribution in [-0.2, 0) is 11.3 Å². The van der Waals surface area contributed by atoms with Gasteiger partial charge in [0.1, 0.15) is 5.82 Å². The van der Waals surface area contributed by atoms with Gasteiger partial charge in [-0.2, -0.15) is 0 Å². The van der Waals surface area contributed by atoms with E-state index >= 15 is 0 Å². The second kappa shape index (κ2) is 12.4. The smallest absolute Gasteiger partial charge is 0.254 e. The van der Waals surface area contributed by atoms with Crippen LogP contribution >= 0.6 is 12.4 Å². The SMILES string of the molecule is Cl.O=C(/C(=C/c1ccc(F)cc1)c1ccc(-c2ccccc2)cc1)N1CCN(Cc2ccc3c(c2)OCO3)CC1. The predicted octanol–water partition coefficient (Wildman–Crippen LogP) is 6.53. The van der Waals surface area contributed by atoms with Crippen LogP contribution in [0, 0.1) is 5.82 Å². The summed E-state index contributed by atoms with van der Waals surface area (Å²) in [5.41, 5.74) is 5.60. The lowest BCUT2D eigenvalue weighted by Crippen LogP contribution is -2.48. The molecule has 204 valence electrons. The van der Waals surface area contributed by atoms with Gasteiger partial charge in [-0.25, -0.2) is 4.39 Å². The van der Waals surface area contributed by atoms with E-state index in [2.05, 4.69) is 23.1 Å². The van der Waals surface area contributed by atoms with Crippen molar-refractivity contribution in [3.8, 4) is 22.6 Å². The van der Waals surface area contributed by atoms with Crippen molar-refractivity contribution < 1.29 is 18.7 Å². The normalized spacial score (nSPS) is 15.0. The molecule has 0 atom stereocenters. The van der Waals surface area contributed by atoms with E-state index in [0.717, 1.165) is 59.0 Å². The van der Waals surface area contributed by atoms with E-state index in [9.17, 15) is 9.18 Å². The number of piperazine rings is 1. The molecule has 4 aromatic carbocycles. The zero-order valence-corrected chi connectivity index (χ0v) is 22.8. The van der Waals surface area contributed by atoms with Gasteiger partial charge in [-0.3, -0.25) is 9.69 Å². The number of ether oxygens (including phenoxy) is 2. The summed E-state index contributed by atoms with van der Waals surface area (Å²) in [6, 6.07) is 30.5. The Bertz CT molecular complexity index is 1480. The van der Waals surface area contributed by atoms with Crippen LogP contribution in [0.1, 0.15) is 16.7 Å². The molecule has 1 fully saturated rings. The van der Waals surface area contributed by atoms with E-state index in [-0.39, 0.29) is 30.9 Å². The van der Waals surface area contributed by atoms with Crippen LogP contribution in [0.2, 0.25) is 0 Å². The van der Waals surface area contributed by atoms with Crippen molar-refractivity contribution in [3.63, 3.8) is 0 Å². The number of benzene rings is 4. The molecule has 0 unspecified atom stereocenters. The number of hydrogen-bond acceptors (Lipinski definition) is 4. The van der Waals surface area contributed by atoms with Crippen LogP contribution in [0.5, 0.6) is 11.5 Å². The van der Waals surface area contributed by atoms with Gasteiger partial charge in [-0.15, -0.1) is 12.4 Å². The summed E-state index contributed by atoms with van der Waals surface area (Å²) in [5.74, 6) is 1.25. The van der Waals surface area contributed by atoms with Gasteiger partial charge in [0.2, 0.25) is 6.79 Å². The maximum atomic E-state index is 13.9. The molecule has 1 saturated heterocycles. The van der Waals surface area contributed by atoms with Crippen LogP contribution in [0.25, 0.3) is 22.8 Å². The monoisotopic (exact) mass is 556 g/mol. The molecule has 0 aromatic heterocycles. The van der Waals surface area contributed by atoms with Gasteiger partial charge in [0.15, 0.2) is 11.5 Å². The Morgan fingerprint density at radius 1 is 0.775 bits per heavy atom. The zero-order valence-electron chi connectivity index (χ0n) is 22.0. The fourth-order valence-corrected chi connectivity index (χ4v) is 5.04. The summed E-state index contributed by atoms with van der Waals surface area (Å²) in [4.78, 5) is 18.1. The molecule has 40 heavy (non-hydrogen) atoms. The van der Waals surface area contributed by atoms with Crippen LogP contribution < -0.4 is 9.47 Å². The third-order valence-corrected chi connectivity index (χ3v) is 7.22. The molecule has 4 aromatic rings. The van der Waals surface area contributed by atoms with E-state index < -0.39 is 0 Å². The maximum Gasteiger partial charge on any atom is 0.254 e. The van der Waals surface area contributed by atoms with Crippen molar-refractivity contribution in [2.75, 3.05) is 33.0 Å². The Labute approximate surface area is 239 Å². The first-order chi connectivity index (χ1) is 19.1. The average molecular weight is 557 g/mol. The number of nitrogens with zero attached hydrogens (tertiary/aromatic N) is 2. The van der Waals surface area contributed by atoms with Gasteiger partial charge >= 0.3 is 0 Å². The highest BCUT2D eigenvalue weighted by Crippen LogP contribution is 2.33. The molecule has 6 rings (SSSR count). The summed E-state index contributed by atoms with van der Waals surface area (Å²) < 4.78 is 24.5. The fraction of sp³-hybridized carbons (Fsp3) is 0.182. The van der Waals surface area contributed by atoms with E-state index in [0.29, 0.717) is 18.7 Å². The molecule has 2 aliphatic heterocycles. The number of carbonyl (C=O) groups excluding carboxylic acids is 1. The van der Waals surface area contributed by atoms with E-state index in [1.807, 2.05) is 65.6 Å². The van der Waals surface area contributed by atoms with E-state index in [1.165, 1.54) is 12.1 Å². The van der Waals surface area contributed by atoms with Crippen molar-refractivity contribution >= 4 is 30.0 Å².